The number of nitrogens with one attached hydrogen (secondary N) is 1. The number of fused-ring (bicyclic) bond motifs is 3. The summed E-state index contributed by atoms with van der Waals surface area (Å²) in [7, 11) is 0. The molecule has 174 valence electrons. The summed E-state index contributed by atoms with van der Waals surface area (Å²) in [5, 5.41) is 5.43. The van der Waals surface area contributed by atoms with E-state index >= 15 is 0 Å². The molecule has 1 N–H and O–H groups in total. The van der Waals surface area contributed by atoms with Gasteiger partial charge in [0.25, 0.3) is 5.91 Å². The molecule has 6 heteroatoms. The minimum Gasteiger partial charge on any atom is -0.351 e. The van der Waals surface area contributed by atoms with E-state index in [1.165, 1.54) is 6.42 Å². The summed E-state index contributed by atoms with van der Waals surface area (Å²) < 4.78 is 3.14. The molecule has 1 fully saturated rings. The van der Waals surface area contributed by atoms with E-state index in [4.69, 9.17) is 0 Å². The Hall–Kier alpha value is -2.60. The first kappa shape index (κ1) is 22.2. The molecule has 5 rings (SSSR count). The van der Waals surface area contributed by atoms with Crippen molar-refractivity contribution in [3.8, 4) is 0 Å². The third kappa shape index (κ3) is 3.68. The first-order valence-electron chi connectivity index (χ1n) is 12.0. The van der Waals surface area contributed by atoms with Gasteiger partial charge in [0.15, 0.2) is 0 Å². The van der Waals surface area contributed by atoms with Crippen LogP contribution < -0.4 is 5.32 Å². The number of aryl methyl sites for hydroxylation is 1. The molecule has 0 unspecified atom stereocenters. The van der Waals surface area contributed by atoms with Crippen molar-refractivity contribution in [1.29, 1.82) is 0 Å². The minimum atomic E-state index is -0.972. The van der Waals surface area contributed by atoms with E-state index in [0.29, 0.717) is 30.6 Å². The van der Waals surface area contributed by atoms with E-state index in [2.05, 4.69) is 48.9 Å². The van der Waals surface area contributed by atoms with Crippen LogP contribution >= 0.6 is 11.3 Å². The van der Waals surface area contributed by atoms with Gasteiger partial charge in [-0.1, -0.05) is 51.0 Å². The Morgan fingerprint density at radius 1 is 1.21 bits per heavy atom. The normalized spacial score (nSPS) is 27.6. The second-order valence-electron chi connectivity index (χ2n) is 10.2. The van der Waals surface area contributed by atoms with Gasteiger partial charge in [-0.2, -0.15) is 0 Å². The SMILES string of the molecule is Cc1ccccc1CN1C(=O)c2cc3sccc3n2C[C@]1(C)C(=O)N[C@@H]1CCC[C@@H](C)[C@H]1C. The molecule has 2 amide bonds. The summed E-state index contributed by atoms with van der Waals surface area (Å²) in [5.74, 6) is 0.907. The maximum Gasteiger partial charge on any atom is 0.271 e. The Balaban J connectivity index is 1.54. The maximum atomic E-state index is 14.0. The van der Waals surface area contributed by atoms with Gasteiger partial charge in [-0.25, -0.2) is 0 Å². The lowest BCUT2D eigenvalue weighted by Gasteiger charge is -2.46. The van der Waals surface area contributed by atoms with Crippen molar-refractivity contribution in [3.63, 3.8) is 0 Å². The Bertz CT molecular complexity index is 1210. The fourth-order valence-electron chi connectivity index (χ4n) is 5.59. The average molecular weight is 464 g/mol. The van der Waals surface area contributed by atoms with Crippen molar-refractivity contribution >= 4 is 33.4 Å². The van der Waals surface area contributed by atoms with Crippen molar-refractivity contribution in [2.24, 2.45) is 11.8 Å². The number of benzene rings is 1. The number of rotatable bonds is 4. The van der Waals surface area contributed by atoms with E-state index in [1.54, 1.807) is 16.2 Å². The van der Waals surface area contributed by atoms with E-state index in [9.17, 15) is 9.59 Å². The number of hydrogen-bond acceptors (Lipinski definition) is 3. The van der Waals surface area contributed by atoms with Gasteiger partial charge in [-0.15, -0.1) is 11.3 Å². The first-order valence-corrected chi connectivity index (χ1v) is 12.9. The number of thiophene rings is 1. The number of hydrogen-bond donors (Lipinski definition) is 1. The summed E-state index contributed by atoms with van der Waals surface area (Å²) in [6.45, 7) is 9.40. The summed E-state index contributed by atoms with van der Waals surface area (Å²) >= 11 is 1.64. The molecule has 1 aliphatic heterocycles. The van der Waals surface area contributed by atoms with Gasteiger partial charge >= 0.3 is 0 Å². The molecule has 0 bridgehead atoms. The molecule has 1 aromatic carbocycles. The molecule has 5 nitrogen and oxygen atoms in total. The van der Waals surface area contributed by atoms with Crippen LogP contribution in [0.15, 0.2) is 41.8 Å². The van der Waals surface area contributed by atoms with Crippen LogP contribution in [0.25, 0.3) is 10.2 Å². The summed E-state index contributed by atoms with van der Waals surface area (Å²) in [6.07, 6.45) is 3.35. The highest BCUT2D eigenvalue weighted by Gasteiger charge is 2.48. The molecule has 0 radical (unpaired) electrons. The van der Waals surface area contributed by atoms with Gasteiger partial charge in [-0.05, 0) is 60.7 Å². The monoisotopic (exact) mass is 463 g/mol. The Labute approximate surface area is 199 Å². The zero-order valence-electron chi connectivity index (χ0n) is 19.9. The van der Waals surface area contributed by atoms with Crippen molar-refractivity contribution in [2.45, 2.75) is 71.6 Å². The lowest BCUT2D eigenvalue weighted by Crippen LogP contribution is -2.65. The predicted molar refractivity (Wildman–Crippen MR) is 133 cm³/mol. The van der Waals surface area contributed by atoms with E-state index in [1.807, 2.05) is 30.5 Å². The van der Waals surface area contributed by atoms with Crippen LogP contribution in [0.4, 0.5) is 0 Å². The number of aromatic nitrogens is 1. The average Bonchev–Trinajstić information content (AvgIpc) is 3.38. The highest BCUT2D eigenvalue weighted by molar-refractivity contribution is 7.17. The fraction of sp³-hybridized carbons (Fsp3) is 0.481. The zero-order valence-corrected chi connectivity index (χ0v) is 20.7. The molecule has 2 aliphatic rings. The summed E-state index contributed by atoms with van der Waals surface area (Å²) in [4.78, 5) is 29.6. The van der Waals surface area contributed by atoms with E-state index in [0.717, 1.165) is 34.2 Å². The third-order valence-corrected chi connectivity index (χ3v) is 9.00. The second-order valence-corrected chi connectivity index (χ2v) is 11.2. The lowest BCUT2D eigenvalue weighted by atomic mass is 9.77. The van der Waals surface area contributed by atoms with Crippen molar-refractivity contribution in [3.05, 3.63) is 58.6 Å². The van der Waals surface area contributed by atoms with Gasteiger partial charge < -0.3 is 14.8 Å². The molecule has 0 spiro atoms. The van der Waals surface area contributed by atoms with Crippen LogP contribution in [-0.4, -0.2) is 32.9 Å². The highest BCUT2D eigenvalue weighted by Crippen LogP contribution is 2.36. The van der Waals surface area contributed by atoms with E-state index < -0.39 is 5.54 Å². The first-order chi connectivity index (χ1) is 15.8. The number of amides is 2. The molecule has 3 heterocycles. The zero-order chi connectivity index (χ0) is 23.3. The van der Waals surface area contributed by atoms with Crippen LogP contribution in [0.1, 0.15) is 61.6 Å². The van der Waals surface area contributed by atoms with Gasteiger partial charge in [0.1, 0.15) is 11.2 Å². The van der Waals surface area contributed by atoms with Crippen LogP contribution in [-0.2, 0) is 17.9 Å². The van der Waals surface area contributed by atoms with Crippen LogP contribution in [0, 0.1) is 18.8 Å². The third-order valence-electron chi connectivity index (χ3n) is 8.15. The molecular weight excluding hydrogens is 430 g/mol. The Kier molecular flexibility index (Phi) is 5.60. The van der Waals surface area contributed by atoms with Crippen LogP contribution in [0.3, 0.4) is 0 Å². The Morgan fingerprint density at radius 2 is 2.00 bits per heavy atom. The largest absolute Gasteiger partial charge is 0.351 e. The second kappa shape index (κ2) is 8.32. The summed E-state index contributed by atoms with van der Waals surface area (Å²) in [6, 6.07) is 12.3. The highest BCUT2D eigenvalue weighted by atomic mass is 32.1. The minimum absolute atomic E-state index is 0.0434. The predicted octanol–water partition coefficient (Wildman–Crippen LogP) is 5.37. The van der Waals surface area contributed by atoms with Crippen molar-refractivity contribution < 1.29 is 9.59 Å². The maximum absolute atomic E-state index is 14.0. The molecule has 4 atom stereocenters. The quantitative estimate of drug-likeness (QED) is 0.566. The van der Waals surface area contributed by atoms with Crippen molar-refractivity contribution in [2.75, 3.05) is 0 Å². The summed E-state index contributed by atoms with van der Waals surface area (Å²) in [5.41, 5.74) is 2.95. The lowest BCUT2D eigenvalue weighted by molar-refractivity contribution is -0.134. The van der Waals surface area contributed by atoms with Crippen LogP contribution in [0.2, 0.25) is 0 Å². The standard InChI is InChI=1S/C27H33N3O2S/c1-17-9-7-11-21(19(17)3)28-26(32)27(4)16-29-22-12-13-33-24(22)14-23(29)25(31)30(27)15-20-10-6-5-8-18(20)2/h5-6,8,10,12-14,17,19,21H,7,9,11,15-16H2,1-4H3,(H,28,32)/t17-,19-,21-,27-/m1/s1. The van der Waals surface area contributed by atoms with Crippen molar-refractivity contribution in [1.82, 2.24) is 14.8 Å². The molecule has 1 aliphatic carbocycles. The van der Waals surface area contributed by atoms with Crippen LogP contribution in [0.5, 0.6) is 0 Å². The molecule has 2 aromatic heterocycles. The molecule has 1 saturated carbocycles. The van der Waals surface area contributed by atoms with Gasteiger partial charge in [0.2, 0.25) is 5.91 Å². The molecule has 33 heavy (non-hydrogen) atoms. The number of carbonyl (C=O) groups excluding carboxylic acids is 2. The number of nitrogens with zero attached hydrogens (tertiary/aromatic N) is 2. The van der Waals surface area contributed by atoms with E-state index in [-0.39, 0.29) is 17.9 Å². The van der Waals surface area contributed by atoms with Gasteiger partial charge in [0.05, 0.1) is 16.8 Å². The smallest absolute Gasteiger partial charge is 0.271 e. The van der Waals surface area contributed by atoms with Gasteiger partial charge in [0, 0.05) is 12.6 Å². The topological polar surface area (TPSA) is 54.3 Å². The number of carbonyl (C=O) groups is 2. The molecule has 0 saturated heterocycles. The fourth-order valence-corrected chi connectivity index (χ4v) is 6.41. The van der Waals surface area contributed by atoms with Gasteiger partial charge in [-0.3, -0.25) is 9.59 Å². The Morgan fingerprint density at radius 3 is 2.79 bits per heavy atom. The molecular formula is C27H33N3O2S. The molecule has 3 aromatic rings.